The Hall–Kier alpha value is -2.24. The summed E-state index contributed by atoms with van der Waals surface area (Å²) in [7, 11) is 0. The number of nitrogens with zero attached hydrogens (tertiary/aromatic N) is 2. The van der Waals surface area contributed by atoms with Gasteiger partial charge < -0.3 is 10.6 Å². The molecule has 0 heterocycles. The molecule has 1 aromatic carbocycles. The number of halogens is 1. The minimum Gasteiger partial charge on any atom is -0.375 e. The highest BCUT2D eigenvalue weighted by molar-refractivity contribution is 6.30. The second-order valence-corrected chi connectivity index (χ2v) is 3.85. The Morgan fingerprint density at radius 1 is 1.39 bits per heavy atom. The van der Waals surface area contributed by atoms with Gasteiger partial charge in [0.1, 0.15) is 6.07 Å². The Morgan fingerprint density at radius 3 is 2.83 bits per heavy atom. The van der Waals surface area contributed by atoms with Gasteiger partial charge >= 0.3 is 0 Å². The third kappa shape index (κ3) is 4.32. The predicted molar refractivity (Wildman–Crippen MR) is 67.9 cm³/mol. The number of nitrogens with one attached hydrogen (secondary N) is 2. The summed E-state index contributed by atoms with van der Waals surface area (Å²) in [4.78, 5) is 11.4. The summed E-state index contributed by atoms with van der Waals surface area (Å²) in [5.41, 5.74) is 0.935. The number of nitriles is 2. The quantitative estimate of drug-likeness (QED) is 0.790. The number of benzene rings is 1. The highest BCUT2D eigenvalue weighted by atomic mass is 35.5. The van der Waals surface area contributed by atoms with Gasteiger partial charge in [0, 0.05) is 11.6 Å². The zero-order valence-electron chi connectivity index (χ0n) is 9.53. The molecule has 0 aliphatic heterocycles. The van der Waals surface area contributed by atoms with Crippen molar-refractivity contribution in [2.24, 2.45) is 0 Å². The Balaban J connectivity index is 2.53. The van der Waals surface area contributed by atoms with Crippen molar-refractivity contribution in [2.75, 3.05) is 18.4 Å². The van der Waals surface area contributed by atoms with Crippen molar-refractivity contribution in [3.8, 4) is 12.1 Å². The summed E-state index contributed by atoms with van der Waals surface area (Å²) >= 11 is 5.81. The lowest BCUT2D eigenvalue weighted by Crippen LogP contribution is -2.30. The van der Waals surface area contributed by atoms with Gasteiger partial charge in [-0.25, -0.2) is 0 Å². The second kappa shape index (κ2) is 7.16. The van der Waals surface area contributed by atoms with Gasteiger partial charge in [-0.05, 0) is 18.2 Å². The molecule has 1 amide bonds. The van der Waals surface area contributed by atoms with Crippen molar-refractivity contribution >= 4 is 23.2 Å². The van der Waals surface area contributed by atoms with E-state index in [1.165, 1.54) is 0 Å². The lowest BCUT2D eigenvalue weighted by atomic mass is 10.2. The fourth-order valence-electron chi connectivity index (χ4n) is 1.26. The Bertz CT molecular complexity index is 516. The van der Waals surface area contributed by atoms with E-state index < -0.39 is 0 Å². The molecule has 0 saturated carbocycles. The van der Waals surface area contributed by atoms with Crippen LogP contribution in [-0.4, -0.2) is 19.0 Å². The van der Waals surface area contributed by atoms with Crippen molar-refractivity contribution in [1.82, 2.24) is 5.32 Å². The fourth-order valence-corrected chi connectivity index (χ4v) is 1.43. The Morgan fingerprint density at radius 2 is 2.17 bits per heavy atom. The number of amides is 1. The normalized spacial score (nSPS) is 9.06. The van der Waals surface area contributed by atoms with E-state index in [-0.39, 0.29) is 18.9 Å². The van der Waals surface area contributed by atoms with Crippen LogP contribution in [0.2, 0.25) is 5.02 Å². The molecular weight excluding hydrogens is 252 g/mol. The van der Waals surface area contributed by atoms with Gasteiger partial charge in [0.15, 0.2) is 0 Å². The molecular formula is C12H11ClN4O. The first kappa shape index (κ1) is 13.8. The summed E-state index contributed by atoms with van der Waals surface area (Å²) < 4.78 is 0. The number of anilines is 1. The van der Waals surface area contributed by atoms with Crippen molar-refractivity contribution in [1.29, 1.82) is 10.5 Å². The van der Waals surface area contributed by atoms with Gasteiger partial charge in [0.25, 0.3) is 0 Å². The van der Waals surface area contributed by atoms with Crippen LogP contribution >= 0.6 is 11.6 Å². The van der Waals surface area contributed by atoms with Crippen LogP contribution in [-0.2, 0) is 4.79 Å². The third-order valence-electron chi connectivity index (χ3n) is 2.10. The number of hydrogen-bond acceptors (Lipinski definition) is 4. The van der Waals surface area contributed by atoms with E-state index >= 15 is 0 Å². The molecule has 92 valence electrons. The molecule has 0 bridgehead atoms. The SMILES string of the molecule is N#CCCNC(=O)CNc1cc(Cl)ccc1C#N. The summed E-state index contributed by atoms with van der Waals surface area (Å²) in [5, 5.41) is 23.1. The minimum atomic E-state index is -0.242. The molecule has 0 aliphatic carbocycles. The topological polar surface area (TPSA) is 88.7 Å². The van der Waals surface area contributed by atoms with E-state index in [9.17, 15) is 4.79 Å². The van der Waals surface area contributed by atoms with E-state index in [1.807, 2.05) is 12.1 Å². The molecule has 0 atom stereocenters. The van der Waals surface area contributed by atoms with E-state index in [0.29, 0.717) is 22.8 Å². The summed E-state index contributed by atoms with van der Waals surface area (Å²) in [5.74, 6) is -0.242. The number of rotatable bonds is 5. The van der Waals surface area contributed by atoms with Crippen molar-refractivity contribution in [2.45, 2.75) is 6.42 Å². The Kier molecular flexibility index (Phi) is 5.50. The van der Waals surface area contributed by atoms with Gasteiger partial charge in [-0.15, -0.1) is 0 Å². The summed E-state index contributed by atoms with van der Waals surface area (Å²) in [6.07, 6.45) is 0.270. The lowest BCUT2D eigenvalue weighted by molar-refractivity contribution is -0.119. The first-order chi connectivity index (χ1) is 8.67. The minimum absolute atomic E-state index is 0.0282. The molecule has 0 fully saturated rings. The van der Waals surface area contributed by atoms with Crippen LogP contribution in [0.15, 0.2) is 18.2 Å². The molecule has 6 heteroatoms. The molecule has 0 aliphatic rings. The largest absolute Gasteiger partial charge is 0.375 e. The maximum absolute atomic E-state index is 11.4. The number of carbonyl (C=O) groups excluding carboxylic acids is 1. The molecule has 2 N–H and O–H groups in total. The van der Waals surface area contributed by atoms with Gasteiger partial charge in [-0.1, -0.05) is 11.6 Å². The monoisotopic (exact) mass is 262 g/mol. The van der Waals surface area contributed by atoms with Crippen LogP contribution in [0.3, 0.4) is 0 Å². The Labute approximate surface area is 110 Å². The molecule has 0 saturated heterocycles. The van der Waals surface area contributed by atoms with Crippen LogP contribution in [0.1, 0.15) is 12.0 Å². The summed E-state index contributed by atoms with van der Waals surface area (Å²) in [6, 6.07) is 8.71. The molecule has 0 spiro atoms. The first-order valence-corrected chi connectivity index (χ1v) is 5.62. The smallest absolute Gasteiger partial charge is 0.239 e. The van der Waals surface area contributed by atoms with Gasteiger partial charge in [-0.3, -0.25) is 4.79 Å². The third-order valence-corrected chi connectivity index (χ3v) is 2.34. The van der Waals surface area contributed by atoms with Crippen molar-refractivity contribution < 1.29 is 4.79 Å². The molecule has 0 unspecified atom stereocenters. The molecule has 1 aromatic rings. The summed E-state index contributed by atoms with van der Waals surface area (Å²) in [6.45, 7) is 0.345. The van der Waals surface area contributed by atoms with Crippen molar-refractivity contribution in [3.05, 3.63) is 28.8 Å². The van der Waals surface area contributed by atoms with E-state index in [1.54, 1.807) is 18.2 Å². The van der Waals surface area contributed by atoms with E-state index in [0.717, 1.165) is 0 Å². The van der Waals surface area contributed by atoms with E-state index in [4.69, 9.17) is 22.1 Å². The number of hydrogen-bond donors (Lipinski definition) is 2. The number of carbonyl (C=O) groups is 1. The van der Waals surface area contributed by atoms with Crippen LogP contribution in [0.4, 0.5) is 5.69 Å². The van der Waals surface area contributed by atoms with E-state index in [2.05, 4.69) is 10.6 Å². The maximum atomic E-state index is 11.4. The second-order valence-electron chi connectivity index (χ2n) is 3.41. The van der Waals surface area contributed by atoms with Crippen LogP contribution in [0, 0.1) is 22.7 Å². The molecule has 5 nitrogen and oxygen atoms in total. The zero-order valence-corrected chi connectivity index (χ0v) is 10.3. The van der Waals surface area contributed by atoms with Gasteiger partial charge in [-0.2, -0.15) is 10.5 Å². The molecule has 0 radical (unpaired) electrons. The highest BCUT2D eigenvalue weighted by Gasteiger charge is 2.05. The standard InChI is InChI=1S/C12H11ClN4O/c13-10-3-2-9(7-15)11(6-10)17-8-12(18)16-5-1-4-14/h2-3,6,17H,1,5,8H2,(H,16,18). The van der Waals surface area contributed by atoms with Crippen LogP contribution in [0.5, 0.6) is 0 Å². The molecule has 18 heavy (non-hydrogen) atoms. The zero-order chi connectivity index (χ0) is 13.4. The van der Waals surface area contributed by atoms with Gasteiger partial charge in [0.05, 0.1) is 30.3 Å². The highest BCUT2D eigenvalue weighted by Crippen LogP contribution is 2.19. The maximum Gasteiger partial charge on any atom is 0.239 e. The van der Waals surface area contributed by atoms with Crippen LogP contribution < -0.4 is 10.6 Å². The molecule has 0 aromatic heterocycles. The first-order valence-electron chi connectivity index (χ1n) is 5.24. The average molecular weight is 263 g/mol. The molecule has 1 rings (SSSR count). The fraction of sp³-hybridized carbons (Fsp3) is 0.250. The van der Waals surface area contributed by atoms with Gasteiger partial charge in [0.2, 0.25) is 5.91 Å². The predicted octanol–water partition coefficient (Wildman–Crippen LogP) is 1.65. The average Bonchev–Trinajstić information content (AvgIpc) is 2.37. The lowest BCUT2D eigenvalue weighted by Gasteiger charge is -2.08. The van der Waals surface area contributed by atoms with Crippen LogP contribution in [0.25, 0.3) is 0 Å². The van der Waals surface area contributed by atoms with Crippen molar-refractivity contribution in [3.63, 3.8) is 0 Å².